The summed E-state index contributed by atoms with van der Waals surface area (Å²) in [5.41, 5.74) is 1.91. The molecular formula is C19H12FN3O3S. The first-order chi connectivity index (χ1) is 13.0. The number of fused-ring (bicyclic) bond motifs is 1. The van der Waals surface area contributed by atoms with Gasteiger partial charge in [-0.25, -0.2) is 19.2 Å². The number of benzene rings is 2. The van der Waals surface area contributed by atoms with Crippen LogP contribution in [-0.2, 0) is 0 Å². The summed E-state index contributed by atoms with van der Waals surface area (Å²) < 4.78 is 13.2. The average molecular weight is 381 g/mol. The summed E-state index contributed by atoms with van der Waals surface area (Å²) in [5, 5.41) is 24.6. The molecule has 6 nitrogen and oxygen atoms in total. The molecule has 0 saturated heterocycles. The molecule has 27 heavy (non-hydrogen) atoms. The molecule has 0 atom stereocenters. The number of aromatic nitrogens is 2. The number of carbonyl (C=O) groups is 1. The first-order valence-corrected chi connectivity index (χ1v) is 8.72. The van der Waals surface area contributed by atoms with Crippen LogP contribution in [0.4, 0.5) is 15.9 Å². The van der Waals surface area contributed by atoms with Crippen molar-refractivity contribution < 1.29 is 19.4 Å². The van der Waals surface area contributed by atoms with Crippen LogP contribution in [0.2, 0.25) is 0 Å². The second-order valence-electron chi connectivity index (χ2n) is 5.72. The van der Waals surface area contributed by atoms with Crippen LogP contribution in [0.15, 0.2) is 54.2 Å². The van der Waals surface area contributed by atoms with Crippen LogP contribution in [0.1, 0.15) is 10.4 Å². The first kappa shape index (κ1) is 16.9. The molecule has 0 unspecified atom stereocenters. The van der Waals surface area contributed by atoms with Crippen LogP contribution in [0.5, 0.6) is 5.75 Å². The van der Waals surface area contributed by atoms with Crippen molar-refractivity contribution >= 4 is 39.0 Å². The largest absolute Gasteiger partial charge is 0.507 e. The molecule has 0 spiro atoms. The first-order valence-electron chi connectivity index (χ1n) is 7.84. The van der Waals surface area contributed by atoms with E-state index in [4.69, 9.17) is 5.11 Å². The van der Waals surface area contributed by atoms with Gasteiger partial charge in [-0.2, -0.15) is 0 Å². The molecule has 0 aliphatic rings. The van der Waals surface area contributed by atoms with Crippen LogP contribution in [0.25, 0.3) is 21.3 Å². The molecule has 0 radical (unpaired) electrons. The van der Waals surface area contributed by atoms with Gasteiger partial charge < -0.3 is 15.5 Å². The number of thiophene rings is 1. The molecule has 3 N–H and O–H groups in total. The van der Waals surface area contributed by atoms with Crippen molar-refractivity contribution in [3.8, 4) is 16.9 Å². The monoisotopic (exact) mass is 381 g/mol. The van der Waals surface area contributed by atoms with Crippen LogP contribution in [0.3, 0.4) is 0 Å². The van der Waals surface area contributed by atoms with Crippen molar-refractivity contribution in [3.63, 3.8) is 0 Å². The van der Waals surface area contributed by atoms with E-state index in [0.717, 1.165) is 21.3 Å². The number of nitrogens with one attached hydrogen (secondary N) is 1. The van der Waals surface area contributed by atoms with Gasteiger partial charge in [0.25, 0.3) is 0 Å². The van der Waals surface area contributed by atoms with E-state index < -0.39 is 5.97 Å². The van der Waals surface area contributed by atoms with E-state index in [1.165, 1.54) is 41.9 Å². The maximum Gasteiger partial charge on any atom is 0.339 e. The molecule has 134 valence electrons. The average Bonchev–Trinajstić information content (AvgIpc) is 3.09. The Morgan fingerprint density at radius 3 is 2.63 bits per heavy atom. The second kappa shape index (κ2) is 6.65. The maximum absolute atomic E-state index is 13.2. The van der Waals surface area contributed by atoms with Crippen LogP contribution >= 0.6 is 11.3 Å². The molecule has 8 heteroatoms. The standard InChI is InChI=1S/C19H12FN3O3S/c20-11-3-1-10(2-4-11)14-8-27-18-16(14)17(21-9-22-18)23-12-5-6-15(24)13(7-12)19(25)26/h1-9,24H,(H,25,26)(H,21,22,23). The quantitative estimate of drug-likeness (QED) is 0.446. The summed E-state index contributed by atoms with van der Waals surface area (Å²) >= 11 is 1.43. The molecule has 0 bridgehead atoms. The summed E-state index contributed by atoms with van der Waals surface area (Å²) in [6, 6.07) is 10.3. The third-order valence-electron chi connectivity index (χ3n) is 4.02. The van der Waals surface area contributed by atoms with E-state index >= 15 is 0 Å². The lowest BCUT2D eigenvalue weighted by Gasteiger charge is -2.10. The van der Waals surface area contributed by atoms with Gasteiger partial charge >= 0.3 is 5.97 Å². The smallest absolute Gasteiger partial charge is 0.339 e. The highest BCUT2D eigenvalue weighted by Gasteiger charge is 2.15. The minimum atomic E-state index is -1.23. The van der Waals surface area contributed by atoms with E-state index in [9.17, 15) is 14.3 Å². The number of halogens is 1. The topological polar surface area (TPSA) is 95.3 Å². The van der Waals surface area contributed by atoms with Gasteiger partial charge in [-0.15, -0.1) is 11.3 Å². The van der Waals surface area contributed by atoms with Crippen molar-refractivity contribution in [1.29, 1.82) is 0 Å². The number of carboxylic acid groups (broad SMARTS) is 1. The molecule has 0 aliphatic carbocycles. The number of aromatic carboxylic acids is 1. The molecule has 0 amide bonds. The molecule has 2 heterocycles. The van der Waals surface area contributed by atoms with Crippen molar-refractivity contribution in [1.82, 2.24) is 9.97 Å². The highest BCUT2D eigenvalue weighted by Crippen LogP contribution is 2.37. The van der Waals surface area contributed by atoms with E-state index in [2.05, 4.69) is 15.3 Å². The zero-order chi connectivity index (χ0) is 19.0. The van der Waals surface area contributed by atoms with E-state index in [1.807, 2.05) is 5.38 Å². The van der Waals surface area contributed by atoms with Crippen molar-refractivity contribution in [2.24, 2.45) is 0 Å². The summed E-state index contributed by atoms with van der Waals surface area (Å²) in [4.78, 5) is 20.5. The lowest BCUT2D eigenvalue weighted by atomic mass is 10.1. The van der Waals surface area contributed by atoms with Crippen LogP contribution < -0.4 is 5.32 Å². The molecule has 4 aromatic rings. The Hall–Kier alpha value is -3.52. The van der Waals surface area contributed by atoms with E-state index in [0.29, 0.717) is 11.5 Å². The Morgan fingerprint density at radius 1 is 1.11 bits per heavy atom. The third-order valence-corrected chi connectivity index (χ3v) is 4.90. The fraction of sp³-hybridized carbons (Fsp3) is 0. The summed E-state index contributed by atoms with van der Waals surface area (Å²) in [6.45, 7) is 0. The van der Waals surface area contributed by atoms with Crippen LogP contribution in [0, 0.1) is 5.82 Å². The van der Waals surface area contributed by atoms with Gasteiger partial charge in [0.1, 0.15) is 34.1 Å². The van der Waals surface area contributed by atoms with Gasteiger partial charge in [0.05, 0.1) is 5.39 Å². The molecule has 0 saturated carbocycles. The molecule has 0 fully saturated rings. The number of aromatic hydroxyl groups is 1. The Morgan fingerprint density at radius 2 is 1.89 bits per heavy atom. The summed E-state index contributed by atoms with van der Waals surface area (Å²) in [6.07, 6.45) is 1.41. The normalized spacial score (nSPS) is 10.9. The van der Waals surface area contributed by atoms with E-state index in [1.54, 1.807) is 18.2 Å². The number of phenols is 1. The summed E-state index contributed by atoms with van der Waals surface area (Å²) in [5.74, 6) is -1.38. The fourth-order valence-electron chi connectivity index (χ4n) is 2.73. The second-order valence-corrected chi connectivity index (χ2v) is 6.58. The minimum absolute atomic E-state index is 0.214. The van der Waals surface area contributed by atoms with Gasteiger partial charge in [-0.05, 0) is 35.9 Å². The number of hydrogen-bond donors (Lipinski definition) is 3. The lowest BCUT2D eigenvalue weighted by Crippen LogP contribution is -2.00. The Bertz CT molecular complexity index is 1160. The Balaban J connectivity index is 1.81. The van der Waals surface area contributed by atoms with Gasteiger partial charge in [0.2, 0.25) is 0 Å². The van der Waals surface area contributed by atoms with Gasteiger partial charge in [-0.3, -0.25) is 0 Å². The molecule has 2 aromatic carbocycles. The number of anilines is 2. The number of nitrogens with zero attached hydrogens (tertiary/aromatic N) is 2. The van der Waals surface area contributed by atoms with E-state index in [-0.39, 0.29) is 17.1 Å². The third kappa shape index (κ3) is 3.18. The molecule has 2 aromatic heterocycles. The zero-order valence-corrected chi connectivity index (χ0v) is 14.5. The lowest BCUT2D eigenvalue weighted by molar-refractivity contribution is 0.0694. The predicted molar refractivity (Wildman–Crippen MR) is 101 cm³/mol. The Labute approximate surface area is 156 Å². The SMILES string of the molecule is O=C(O)c1cc(Nc2ncnc3scc(-c4ccc(F)cc4)c23)ccc1O. The number of carboxylic acids is 1. The number of hydrogen-bond acceptors (Lipinski definition) is 6. The fourth-order valence-corrected chi connectivity index (χ4v) is 3.65. The van der Waals surface area contributed by atoms with Crippen molar-refractivity contribution in [2.75, 3.05) is 5.32 Å². The summed E-state index contributed by atoms with van der Waals surface area (Å²) in [7, 11) is 0. The Kier molecular flexibility index (Phi) is 4.17. The zero-order valence-electron chi connectivity index (χ0n) is 13.7. The maximum atomic E-state index is 13.2. The van der Waals surface area contributed by atoms with Crippen molar-refractivity contribution in [3.05, 3.63) is 65.6 Å². The van der Waals surface area contributed by atoms with Gasteiger partial charge in [0, 0.05) is 16.6 Å². The predicted octanol–water partition coefficient (Wildman–Crippen LogP) is 4.64. The van der Waals surface area contributed by atoms with Gasteiger partial charge in [-0.1, -0.05) is 12.1 Å². The highest BCUT2D eigenvalue weighted by atomic mass is 32.1. The van der Waals surface area contributed by atoms with Crippen LogP contribution in [-0.4, -0.2) is 26.2 Å². The molecular weight excluding hydrogens is 369 g/mol. The highest BCUT2D eigenvalue weighted by molar-refractivity contribution is 7.17. The minimum Gasteiger partial charge on any atom is -0.507 e. The molecule has 0 aliphatic heterocycles. The molecule has 4 rings (SSSR count). The van der Waals surface area contributed by atoms with Gasteiger partial charge in [0.15, 0.2) is 0 Å². The number of rotatable bonds is 4. The van der Waals surface area contributed by atoms with Crippen molar-refractivity contribution in [2.45, 2.75) is 0 Å².